The number of benzene rings is 1. The van der Waals surface area contributed by atoms with E-state index in [1.165, 1.54) is 0 Å². The number of esters is 1. The van der Waals surface area contributed by atoms with Crippen LogP contribution in [0.25, 0.3) is 11.4 Å². The summed E-state index contributed by atoms with van der Waals surface area (Å²) in [5.74, 6) is 1.21. The van der Waals surface area contributed by atoms with Crippen LogP contribution in [0, 0.1) is 0 Å². The molecule has 130 valence electrons. The molecule has 0 amide bonds. The van der Waals surface area contributed by atoms with Crippen LogP contribution in [-0.4, -0.2) is 22.7 Å². The minimum absolute atomic E-state index is 0.0253. The number of hydrogen-bond donors (Lipinski definition) is 0. The minimum atomic E-state index is -0.326. The summed E-state index contributed by atoms with van der Waals surface area (Å²) < 4.78 is 16.7. The van der Waals surface area contributed by atoms with Crippen LogP contribution >= 0.6 is 27.3 Å². The maximum atomic E-state index is 11.7. The molecule has 3 aromatic rings. The first-order valence-corrected chi connectivity index (χ1v) is 9.33. The Kier molecular flexibility index (Phi) is 6.19. The highest BCUT2D eigenvalue weighted by Gasteiger charge is 2.11. The molecule has 0 saturated carbocycles. The van der Waals surface area contributed by atoms with Crippen LogP contribution < -0.4 is 4.74 Å². The maximum Gasteiger partial charge on any atom is 0.306 e. The number of ether oxygens (including phenoxy) is 2. The van der Waals surface area contributed by atoms with Crippen molar-refractivity contribution < 1.29 is 18.8 Å². The third kappa shape index (κ3) is 5.40. The first kappa shape index (κ1) is 17.6. The lowest BCUT2D eigenvalue weighted by Crippen LogP contribution is -2.07. The average molecular weight is 423 g/mol. The largest absolute Gasteiger partial charge is 0.494 e. The van der Waals surface area contributed by atoms with E-state index >= 15 is 0 Å². The summed E-state index contributed by atoms with van der Waals surface area (Å²) in [6.07, 6.45) is 0.828. The Morgan fingerprint density at radius 3 is 3.04 bits per heavy atom. The smallest absolute Gasteiger partial charge is 0.306 e. The molecule has 0 aliphatic carbocycles. The molecule has 0 N–H and O–H groups in total. The van der Waals surface area contributed by atoms with Crippen molar-refractivity contribution in [2.24, 2.45) is 0 Å². The van der Waals surface area contributed by atoms with Crippen LogP contribution in [0.1, 0.15) is 18.7 Å². The van der Waals surface area contributed by atoms with Crippen LogP contribution in [0.4, 0.5) is 0 Å². The van der Waals surface area contributed by atoms with E-state index in [9.17, 15) is 4.79 Å². The molecule has 2 heterocycles. The van der Waals surface area contributed by atoms with E-state index in [1.54, 1.807) is 11.3 Å². The third-order valence-electron chi connectivity index (χ3n) is 3.19. The number of aromatic nitrogens is 2. The van der Waals surface area contributed by atoms with Gasteiger partial charge in [-0.15, -0.1) is 0 Å². The molecule has 3 rings (SSSR count). The summed E-state index contributed by atoms with van der Waals surface area (Å²) in [6.45, 7) is 0.414. The molecule has 8 heteroatoms. The number of hydrogen-bond acceptors (Lipinski definition) is 7. The summed E-state index contributed by atoms with van der Waals surface area (Å²) in [5, 5.41) is 7.71. The van der Waals surface area contributed by atoms with Gasteiger partial charge >= 0.3 is 5.97 Å². The molecule has 0 aliphatic heterocycles. The van der Waals surface area contributed by atoms with E-state index in [2.05, 4.69) is 26.1 Å². The maximum absolute atomic E-state index is 11.7. The van der Waals surface area contributed by atoms with Gasteiger partial charge in [-0.3, -0.25) is 4.79 Å². The van der Waals surface area contributed by atoms with Gasteiger partial charge < -0.3 is 14.0 Å². The van der Waals surface area contributed by atoms with Gasteiger partial charge in [-0.1, -0.05) is 27.2 Å². The van der Waals surface area contributed by atoms with Gasteiger partial charge in [-0.2, -0.15) is 16.3 Å². The zero-order valence-corrected chi connectivity index (χ0v) is 15.6. The molecule has 2 aromatic heterocycles. The van der Waals surface area contributed by atoms with E-state index in [1.807, 2.05) is 41.1 Å². The van der Waals surface area contributed by atoms with Gasteiger partial charge in [0.2, 0.25) is 5.82 Å². The summed E-state index contributed by atoms with van der Waals surface area (Å²) >= 11 is 4.93. The Bertz CT molecular complexity index is 820. The second-order valence-corrected chi connectivity index (χ2v) is 6.79. The predicted octanol–water partition coefficient (Wildman–Crippen LogP) is 4.46. The quantitative estimate of drug-likeness (QED) is 0.393. The molecule has 0 unspecified atom stereocenters. The summed E-state index contributed by atoms with van der Waals surface area (Å²) in [5.41, 5.74) is 0.885. The molecule has 0 radical (unpaired) electrons. The Morgan fingerprint density at radius 1 is 1.32 bits per heavy atom. The SMILES string of the molecule is O=C(CCCOc1cccc(Br)c1)OCc1nc(-c2ccsc2)no1. The van der Waals surface area contributed by atoms with Crippen molar-refractivity contribution in [1.82, 2.24) is 10.1 Å². The van der Waals surface area contributed by atoms with Crippen molar-refractivity contribution in [3.63, 3.8) is 0 Å². The Morgan fingerprint density at radius 2 is 2.24 bits per heavy atom. The predicted molar refractivity (Wildman–Crippen MR) is 96.3 cm³/mol. The molecular formula is C17H15BrN2O4S. The standard InChI is InChI=1S/C17H15BrN2O4S/c18-13-3-1-4-14(9-13)22-7-2-5-16(21)23-10-15-19-17(20-24-15)12-6-8-25-11-12/h1,3-4,6,8-9,11H,2,5,7,10H2. The Hall–Kier alpha value is -2.19. The minimum Gasteiger partial charge on any atom is -0.494 e. The van der Waals surface area contributed by atoms with Gasteiger partial charge in [0.25, 0.3) is 5.89 Å². The van der Waals surface area contributed by atoms with Crippen molar-refractivity contribution in [2.45, 2.75) is 19.4 Å². The molecule has 1 aromatic carbocycles. The van der Waals surface area contributed by atoms with Crippen LogP contribution in [0.5, 0.6) is 5.75 Å². The number of thiophene rings is 1. The second kappa shape index (κ2) is 8.77. The number of halogens is 1. The summed E-state index contributed by atoms with van der Waals surface area (Å²) in [7, 11) is 0. The average Bonchev–Trinajstić information content (AvgIpc) is 3.28. The molecule has 0 atom stereocenters. The zero-order valence-electron chi connectivity index (χ0n) is 13.2. The van der Waals surface area contributed by atoms with Gasteiger partial charge in [-0.25, -0.2) is 0 Å². The van der Waals surface area contributed by atoms with Crippen LogP contribution in [-0.2, 0) is 16.1 Å². The van der Waals surface area contributed by atoms with Crippen molar-refractivity contribution in [3.8, 4) is 17.1 Å². The lowest BCUT2D eigenvalue weighted by molar-refractivity contribution is -0.146. The first-order chi connectivity index (χ1) is 12.2. The van der Waals surface area contributed by atoms with Crippen LogP contribution in [0.2, 0.25) is 0 Å². The Balaban J connectivity index is 1.35. The van der Waals surface area contributed by atoms with Gasteiger partial charge in [-0.05, 0) is 36.1 Å². The number of carbonyl (C=O) groups is 1. The highest BCUT2D eigenvalue weighted by molar-refractivity contribution is 9.10. The zero-order chi connectivity index (χ0) is 17.5. The molecule has 25 heavy (non-hydrogen) atoms. The van der Waals surface area contributed by atoms with Crippen molar-refractivity contribution >= 4 is 33.2 Å². The van der Waals surface area contributed by atoms with E-state index in [0.29, 0.717) is 18.9 Å². The van der Waals surface area contributed by atoms with Gasteiger partial charge in [0.1, 0.15) is 5.75 Å². The fourth-order valence-electron chi connectivity index (χ4n) is 2.00. The third-order valence-corrected chi connectivity index (χ3v) is 4.37. The molecule has 0 spiro atoms. The van der Waals surface area contributed by atoms with E-state index in [-0.39, 0.29) is 24.9 Å². The molecule has 0 bridgehead atoms. The first-order valence-electron chi connectivity index (χ1n) is 7.60. The molecular weight excluding hydrogens is 408 g/mol. The monoisotopic (exact) mass is 422 g/mol. The number of rotatable bonds is 8. The van der Waals surface area contributed by atoms with Crippen molar-refractivity contribution in [3.05, 3.63) is 51.5 Å². The fourth-order valence-corrected chi connectivity index (χ4v) is 3.01. The fraction of sp³-hybridized carbons (Fsp3) is 0.235. The molecule has 0 fully saturated rings. The van der Waals surface area contributed by atoms with Gasteiger partial charge in [0, 0.05) is 21.8 Å². The van der Waals surface area contributed by atoms with Crippen LogP contribution in [0.3, 0.4) is 0 Å². The lowest BCUT2D eigenvalue weighted by atomic mass is 10.3. The van der Waals surface area contributed by atoms with Gasteiger partial charge in [0.05, 0.1) is 6.61 Å². The number of nitrogens with zero attached hydrogens (tertiary/aromatic N) is 2. The topological polar surface area (TPSA) is 74.5 Å². The molecule has 0 aliphatic rings. The lowest BCUT2D eigenvalue weighted by Gasteiger charge is -2.06. The van der Waals surface area contributed by atoms with Crippen molar-refractivity contribution in [1.29, 1.82) is 0 Å². The highest BCUT2D eigenvalue weighted by Crippen LogP contribution is 2.19. The van der Waals surface area contributed by atoms with E-state index in [4.69, 9.17) is 14.0 Å². The highest BCUT2D eigenvalue weighted by atomic mass is 79.9. The van der Waals surface area contributed by atoms with E-state index < -0.39 is 0 Å². The summed E-state index contributed by atoms with van der Waals surface area (Å²) in [6, 6.07) is 9.45. The molecule has 6 nitrogen and oxygen atoms in total. The van der Waals surface area contributed by atoms with E-state index in [0.717, 1.165) is 15.8 Å². The van der Waals surface area contributed by atoms with Crippen molar-refractivity contribution in [2.75, 3.05) is 6.61 Å². The molecule has 0 saturated heterocycles. The Labute approximate surface area is 156 Å². The van der Waals surface area contributed by atoms with Crippen LogP contribution in [0.15, 0.2) is 50.1 Å². The summed E-state index contributed by atoms with van der Waals surface area (Å²) in [4.78, 5) is 15.9. The normalized spacial score (nSPS) is 10.6. The van der Waals surface area contributed by atoms with Gasteiger partial charge in [0.15, 0.2) is 6.61 Å². The number of carbonyl (C=O) groups excluding carboxylic acids is 1. The second-order valence-electron chi connectivity index (χ2n) is 5.09.